The van der Waals surface area contributed by atoms with Crippen molar-refractivity contribution < 1.29 is 31.9 Å². The van der Waals surface area contributed by atoms with Crippen LogP contribution in [0, 0.1) is 11.8 Å². The van der Waals surface area contributed by atoms with E-state index in [0.717, 1.165) is 0 Å². The fourth-order valence-electron chi connectivity index (χ4n) is 4.29. The van der Waals surface area contributed by atoms with Crippen LogP contribution in [-0.4, -0.2) is 62.0 Å². The Kier molecular flexibility index (Phi) is 8.61. The highest BCUT2D eigenvalue weighted by atomic mass is 32.2. The summed E-state index contributed by atoms with van der Waals surface area (Å²) in [4.78, 5) is 30.3. The van der Waals surface area contributed by atoms with E-state index >= 15 is 0 Å². The lowest BCUT2D eigenvalue weighted by molar-refractivity contribution is -0.126. The summed E-state index contributed by atoms with van der Waals surface area (Å²) >= 11 is 0. The van der Waals surface area contributed by atoms with Gasteiger partial charge in [0.25, 0.3) is 5.89 Å². The molecule has 0 bridgehead atoms. The molecule has 2 heterocycles. The monoisotopic (exact) mass is 480 g/mol. The summed E-state index contributed by atoms with van der Waals surface area (Å²) in [6, 6.07) is 6.91. The molecule has 1 saturated heterocycles. The van der Waals surface area contributed by atoms with Crippen molar-refractivity contribution in [1.82, 2.24) is 4.98 Å². The van der Waals surface area contributed by atoms with E-state index in [2.05, 4.69) is 4.98 Å². The maximum Gasteiger partial charge on any atom is 0.264 e. The molecule has 1 amide bonds. The summed E-state index contributed by atoms with van der Waals surface area (Å²) in [7, 11) is -3.86. The highest BCUT2D eigenvalue weighted by Gasteiger charge is 2.46. The summed E-state index contributed by atoms with van der Waals surface area (Å²) < 4.78 is 43.3. The highest BCUT2D eigenvalue weighted by molar-refractivity contribution is 7.92. The van der Waals surface area contributed by atoms with Crippen LogP contribution in [0.25, 0.3) is 11.1 Å². The van der Waals surface area contributed by atoms with Crippen LogP contribution in [0.3, 0.4) is 0 Å². The van der Waals surface area contributed by atoms with E-state index in [1.165, 1.54) is 6.92 Å². The predicted molar refractivity (Wildman–Crippen MR) is 122 cm³/mol. The van der Waals surface area contributed by atoms with Crippen LogP contribution in [0.2, 0.25) is 0 Å². The molecule has 3 rings (SSSR count). The average Bonchev–Trinajstić information content (AvgIpc) is 3.25. The molecule has 0 radical (unpaired) electrons. The second kappa shape index (κ2) is 11.2. The number of benzene rings is 1. The van der Waals surface area contributed by atoms with Gasteiger partial charge in [-0.2, -0.15) is 0 Å². The molecule has 0 spiro atoms. The number of carbonyl (C=O) groups is 2. The van der Waals surface area contributed by atoms with Crippen molar-refractivity contribution >= 4 is 32.6 Å². The lowest BCUT2D eigenvalue weighted by atomic mass is 9.87. The van der Waals surface area contributed by atoms with Crippen LogP contribution in [0.1, 0.15) is 50.2 Å². The minimum Gasteiger partial charge on any atom is -0.434 e. The number of fused-ring (bicyclic) bond motifs is 1. The first-order valence-corrected chi connectivity index (χ1v) is 13.1. The number of aromatic nitrogens is 1. The molecule has 0 saturated carbocycles. The van der Waals surface area contributed by atoms with E-state index in [9.17, 15) is 18.0 Å². The molecule has 1 aromatic carbocycles. The number of rotatable bonds is 12. The summed E-state index contributed by atoms with van der Waals surface area (Å²) in [6.07, 6.45) is 1.91. The van der Waals surface area contributed by atoms with Crippen molar-refractivity contribution in [3.8, 4) is 0 Å². The third kappa shape index (κ3) is 5.99. The fourth-order valence-corrected chi connectivity index (χ4v) is 6.14. The molecule has 10 heteroatoms. The molecule has 1 aromatic heterocycles. The molecule has 2 N–H and O–H groups in total. The smallest absolute Gasteiger partial charge is 0.264 e. The zero-order valence-corrected chi connectivity index (χ0v) is 19.9. The number of nitrogens with two attached hydrogens (primary N) is 1. The van der Waals surface area contributed by atoms with Crippen LogP contribution in [-0.2, 0) is 24.1 Å². The number of hydrogen-bond donors (Lipinski definition) is 1. The van der Waals surface area contributed by atoms with Gasteiger partial charge in [0.2, 0.25) is 11.7 Å². The number of carbonyl (C=O) groups excluding carboxylic acids is 2. The number of Topliss-reactive ketones (excluding diaryl/α,β-unsaturated/α-hetero) is 1. The maximum atomic E-state index is 13.5. The Morgan fingerprint density at radius 3 is 2.48 bits per heavy atom. The SMILES string of the molecule is CCCC(C(=O)c1nc2ccccc2o1)C(C(COC1CCOCC1)C(N)=O)S(=O)(=O)CC. The fraction of sp³-hybridized carbons (Fsp3) is 0.609. The Morgan fingerprint density at radius 2 is 1.88 bits per heavy atom. The zero-order valence-electron chi connectivity index (χ0n) is 19.1. The second-order valence-corrected chi connectivity index (χ2v) is 10.8. The van der Waals surface area contributed by atoms with Crippen LogP contribution in [0.5, 0.6) is 0 Å². The van der Waals surface area contributed by atoms with Gasteiger partial charge >= 0.3 is 0 Å². The van der Waals surface area contributed by atoms with Gasteiger partial charge in [-0.1, -0.05) is 32.4 Å². The number of ketones is 1. The van der Waals surface area contributed by atoms with Gasteiger partial charge in [0.1, 0.15) is 5.52 Å². The summed E-state index contributed by atoms with van der Waals surface area (Å²) in [6.45, 7) is 4.24. The molecule has 9 nitrogen and oxygen atoms in total. The molecule has 3 atom stereocenters. The van der Waals surface area contributed by atoms with Crippen LogP contribution >= 0.6 is 0 Å². The van der Waals surface area contributed by atoms with E-state index in [0.29, 0.717) is 43.6 Å². The summed E-state index contributed by atoms with van der Waals surface area (Å²) in [5, 5.41) is -1.33. The van der Waals surface area contributed by atoms with Crippen LogP contribution in [0.4, 0.5) is 0 Å². The lowest BCUT2D eigenvalue weighted by Crippen LogP contribution is -2.49. The number of para-hydroxylation sites is 2. The maximum absolute atomic E-state index is 13.5. The van der Waals surface area contributed by atoms with E-state index < -0.39 is 38.6 Å². The topological polar surface area (TPSA) is 139 Å². The molecule has 1 aliphatic rings. The molecule has 33 heavy (non-hydrogen) atoms. The van der Waals surface area contributed by atoms with Crippen LogP contribution in [0.15, 0.2) is 28.7 Å². The Hall–Kier alpha value is -2.30. The van der Waals surface area contributed by atoms with Gasteiger partial charge < -0.3 is 19.6 Å². The van der Waals surface area contributed by atoms with Gasteiger partial charge in [-0.05, 0) is 31.4 Å². The van der Waals surface area contributed by atoms with Gasteiger partial charge in [-0.3, -0.25) is 9.59 Å². The van der Waals surface area contributed by atoms with E-state index in [1.54, 1.807) is 24.3 Å². The van der Waals surface area contributed by atoms with Crippen molar-refractivity contribution in [3.05, 3.63) is 30.2 Å². The predicted octanol–water partition coefficient (Wildman–Crippen LogP) is 2.53. The van der Waals surface area contributed by atoms with E-state index in [1.807, 2.05) is 6.92 Å². The van der Waals surface area contributed by atoms with Gasteiger partial charge in [-0.25, -0.2) is 13.4 Å². The van der Waals surface area contributed by atoms with Crippen LogP contribution < -0.4 is 5.73 Å². The molecule has 1 aliphatic heterocycles. The Balaban J connectivity index is 1.96. The van der Waals surface area contributed by atoms with Crippen molar-refractivity contribution in [2.45, 2.75) is 50.9 Å². The number of amides is 1. The first-order chi connectivity index (χ1) is 15.8. The van der Waals surface area contributed by atoms with Gasteiger partial charge in [0, 0.05) is 24.9 Å². The quantitative estimate of drug-likeness (QED) is 0.457. The Bertz CT molecular complexity index is 1030. The van der Waals surface area contributed by atoms with Crippen molar-refractivity contribution in [2.24, 2.45) is 17.6 Å². The van der Waals surface area contributed by atoms with Gasteiger partial charge in [-0.15, -0.1) is 0 Å². The highest BCUT2D eigenvalue weighted by Crippen LogP contribution is 2.31. The minimum atomic E-state index is -3.86. The molecular formula is C23H32N2O7S. The van der Waals surface area contributed by atoms with Crippen molar-refractivity contribution in [1.29, 1.82) is 0 Å². The molecule has 2 aromatic rings. The van der Waals surface area contributed by atoms with E-state index in [-0.39, 0.29) is 30.8 Å². The third-order valence-corrected chi connectivity index (χ3v) is 8.39. The molecule has 0 aliphatic carbocycles. The van der Waals surface area contributed by atoms with Crippen molar-refractivity contribution in [2.75, 3.05) is 25.6 Å². The molecule has 182 valence electrons. The average molecular weight is 481 g/mol. The number of oxazole rings is 1. The van der Waals surface area contributed by atoms with Gasteiger partial charge in [0.15, 0.2) is 15.4 Å². The second-order valence-electron chi connectivity index (χ2n) is 8.32. The molecule has 3 unspecified atom stereocenters. The molecular weight excluding hydrogens is 448 g/mol. The first-order valence-electron chi connectivity index (χ1n) is 11.4. The largest absolute Gasteiger partial charge is 0.434 e. The number of hydrogen-bond acceptors (Lipinski definition) is 8. The number of primary amides is 1. The van der Waals surface area contributed by atoms with E-state index in [4.69, 9.17) is 19.6 Å². The standard InChI is InChI=1S/C23H32N2O7S/c1-3-7-16(20(26)23-25-18-8-5-6-9-19(18)32-23)21(33(28,29)4-2)17(22(24)27)14-31-15-10-12-30-13-11-15/h5-6,8-9,15-17,21H,3-4,7,10-14H2,1-2H3,(H2,24,27). The normalized spacial score (nSPS) is 18.1. The number of sulfone groups is 1. The van der Waals surface area contributed by atoms with Crippen molar-refractivity contribution in [3.63, 3.8) is 0 Å². The zero-order chi connectivity index (χ0) is 24.0. The molecule has 1 fully saturated rings. The Morgan fingerprint density at radius 1 is 1.18 bits per heavy atom. The lowest BCUT2D eigenvalue weighted by Gasteiger charge is -2.31. The third-order valence-electron chi connectivity index (χ3n) is 6.10. The Labute approximate surface area is 193 Å². The summed E-state index contributed by atoms with van der Waals surface area (Å²) in [5.41, 5.74) is 6.61. The number of nitrogens with zero attached hydrogens (tertiary/aromatic N) is 1. The van der Waals surface area contributed by atoms with Gasteiger partial charge in [0.05, 0.1) is 23.9 Å². The first kappa shape index (κ1) is 25.3. The summed E-state index contributed by atoms with van der Waals surface area (Å²) in [5.74, 6) is -3.98. The minimum absolute atomic E-state index is 0.150. The number of ether oxygens (including phenoxy) is 2.